The third-order valence-electron chi connectivity index (χ3n) is 3.80. The van der Waals surface area contributed by atoms with Crippen molar-refractivity contribution in [1.82, 2.24) is 10.6 Å². The lowest BCUT2D eigenvalue weighted by molar-refractivity contribution is -0.122. The molecule has 1 saturated carbocycles. The first-order valence-electron chi connectivity index (χ1n) is 6.32. The van der Waals surface area contributed by atoms with Crippen LogP contribution in [0.5, 0.6) is 0 Å². The van der Waals surface area contributed by atoms with Crippen molar-refractivity contribution in [3.8, 4) is 0 Å². The van der Waals surface area contributed by atoms with Gasteiger partial charge in [0.2, 0.25) is 5.91 Å². The van der Waals surface area contributed by atoms with E-state index in [9.17, 15) is 4.79 Å². The van der Waals surface area contributed by atoms with E-state index < -0.39 is 0 Å². The van der Waals surface area contributed by atoms with Gasteiger partial charge in [-0.2, -0.15) is 0 Å². The first kappa shape index (κ1) is 14.7. The molecule has 0 aromatic heterocycles. The van der Waals surface area contributed by atoms with Crippen LogP contribution in [-0.2, 0) is 9.53 Å². The molecule has 2 N–H and O–H groups in total. The number of halogens is 1. The van der Waals surface area contributed by atoms with Crippen LogP contribution in [-0.4, -0.2) is 38.3 Å². The molecule has 1 saturated heterocycles. The quantitative estimate of drug-likeness (QED) is 0.780. The van der Waals surface area contributed by atoms with Crippen LogP contribution in [0.3, 0.4) is 0 Å². The summed E-state index contributed by atoms with van der Waals surface area (Å²) >= 11 is 0. The van der Waals surface area contributed by atoms with E-state index in [1.807, 2.05) is 0 Å². The van der Waals surface area contributed by atoms with Crippen LogP contribution in [0.1, 0.15) is 32.6 Å². The second-order valence-corrected chi connectivity index (χ2v) is 5.06. The molecule has 17 heavy (non-hydrogen) atoms. The zero-order valence-electron chi connectivity index (χ0n) is 10.5. The van der Waals surface area contributed by atoms with Gasteiger partial charge in [0.05, 0.1) is 13.2 Å². The summed E-state index contributed by atoms with van der Waals surface area (Å²) in [5, 5.41) is 6.34. The zero-order valence-corrected chi connectivity index (χ0v) is 11.3. The molecule has 4 nitrogen and oxygen atoms in total. The zero-order chi connectivity index (χ0) is 11.4. The van der Waals surface area contributed by atoms with Crippen LogP contribution in [0, 0.1) is 5.41 Å². The Morgan fingerprint density at radius 2 is 2.29 bits per heavy atom. The van der Waals surface area contributed by atoms with Crippen molar-refractivity contribution in [2.45, 2.75) is 38.6 Å². The fourth-order valence-corrected chi connectivity index (χ4v) is 2.16. The van der Waals surface area contributed by atoms with Crippen molar-refractivity contribution < 1.29 is 9.53 Å². The van der Waals surface area contributed by atoms with Crippen molar-refractivity contribution in [2.75, 3.05) is 26.3 Å². The van der Waals surface area contributed by atoms with Crippen molar-refractivity contribution in [3.05, 3.63) is 0 Å². The number of carbonyl (C=O) groups excluding carboxylic acids is 1. The maximum atomic E-state index is 11.7. The minimum atomic E-state index is 0. The number of ether oxygens (including phenoxy) is 1. The van der Waals surface area contributed by atoms with Crippen molar-refractivity contribution in [1.29, 1.82) is 0 Å². The number of morpholine rings is 1. The van der Waals surface area contributed by atoms with E-state index in [0.29, 0.717) is 18.4 Å². The predicted octanol–water partition coefficient (Wildman–Crippen LogP) is 1.09. The molecule has 1 heterocycles. The first-order chi connectivity index (χ1) is 7.74. The molecule has 0 radical (unpaired) electrons. The second-order valence-electron chi connectivity index (χ2n) is 5.06. The molecule has 1 unspecified atom stereocenters. The van der Waals surface area contributed by atoms with Crippen molar-refractivity contribution >= 4 is 18.3 Å². The summed E-state index contributed by atoms with van der Waals surface area (Å²) < 4.78 is 5.32. The van der Waals surface area contributed by atoms with Gasteiger partial charge in [0.25, 0.3) is 0 Å². The van der Waals surface area contributed by atoms with Gasteiger partial charge in [-0.15, -0.1) is 12.4 Å². The van der Waals surface area contributed by atoms with Gasteiger partial charge >= 0.3 is 0 Å². The summed E-state index contributed by atoms with van der Waals surface area (Å²) in [6.07, 6.45) is 4.26. The Bertz CT molecular complexity index is 251. The Kier molecular flexibility index (Phi) is 5.70. The molecule has 0 aromatic carbocycles. The number of rotatable bonds is 5. The highest BCUT2D eigenvalue weighted by Gasteiger charge is 2.40. The molecular formula is C12H23ClN2O2. The number of amides is 1. The number of carbonyl (C=O) groups is 1. The van der Waals surface area contributed by atoms with Gasteiger partial charge in [0.15, 0.2) is 0 Å². The normalized spacial score (nSPS) is 25.8. The monoisotopic (exact) mass is 262 g/mol. The summed E-state index contributed by atoms with van der Waals surface area (Å²) in [7, 11) is 0. The molecule has 1 atom stereocenters. The Morgan fingerprint density at radius 3 is 2.82 bits per heavy atom. The van der Waals surface area contributed by atoms with Gasteiger partial charge in [-0.25, -0.2) is 0 Å². The average molecular weight is 263 g/mol. The van der Waals surface area contributed by atoms with E-state index in [2.05, 4.69) is 17.6 Å². The molecule has 2 rings (SSSR count). The van der Waals surface area contributed by atoms with Crippen LogP contribution >= 0.6 is 12.4 Å². The van der Waals surface area contributed by atoms with Gasteiger partial charge in [0.1, 0.15) is 0 Å². The van der Waals surface area contributed by atoms with Crippen LogP contribution in [0.15, 0.2) is 0 Å². The lowest BCUT2D eigenvalue weighted by atomic mass is 10.0. The maximum absolute atomic E-state index is 11.7. The maximum Gasteiger partial charge on any atom is 0.221 e. The smallest absolute Gasteiger partial charge is 0.221 e. The molecular weight excluding hydrogens is 240 g/mol. The predicted molar refractivity (Wildman–Crippen MR) is 69.4 cm³/mol. The first-order valence-corrected chi connectivity index (χ1v) is 6.32. The Morgan fingerprint density at radius 1 is 1.53 bits per heavy atom. The van der Waals surface area contributed by atoms with Crippen LogP contribution in [0.25, 0.3) is 0 Å². The van der Waals surface area contributed by atoms with Gasteiger partial charge < -0.3 is 15.4 Å². The number of nitrogens with one attached hydrogen (secondary N) is 2. The molecule has 0 aromatic rings. The van der Waals surface area contributed by atoms with Crippen LogP contribution in [0.2, 0.25) is 0 Å². The summed E-state index contributed by atoms with van der Waals surface area (Å²) in [5.74, 6) is 0.155. The largest absolute Gasteiger partial charge is 0.378 e. The molecule has 2 aliphatic rings. The fraction of sp³-hybridized carbons (Fsp3) is 0.917. The lowest BCUT2D eigenvalue weighted by Crippen LogP contribution is -2.44. The minimum absolute atomic E-state index is 0. The Balaban J connectivity index is 0.00000144. The van der Waals surface area contributed by atoms with Gasteiger partial charge in [-0.3, -0.25) is 4.79 Å². The molecule has 5 heteroatoms. The van der Waals surface area contributed by atoms with Gasteiger partial charge in [-0.1, -0.05) is 6.92 Å². The van der Waals surface area contributed by atoms with Gasteiger partial charge in [-0.05, 0) is 24.7 Å². The summed E-state index contributed by atoms with van der Waals surface area (Å²) in [4.78, 5) is 11.7. The SMILES string of the molecule is CCC1(CNC(=O)CC2COCCN2)CC1.Cl. The summed E-state index contributed by atoms with van der Waals surface area (Å²) in [6.45, 7) is 5.34. The van der Waals surface area contributed by atoms with E-state index >= 15 is 0 Å². The third-order valence-corrected chi connectivity index (χ3v) is 3.80. The Labute approximate surface area is 109 Å². The summed E-state index contributed by atoms with van der Waals surface area (Å²) in [6, 6.07) is 0.200. The molecule has 0 bridgehead atoms. The molecule has 0 spiro atoms. The van der Waals surface area contributed by atoms with Crippen molar-refractivity contribution in [3.63, 3.8) is 0 Å². The third kappa shape index (κ3) is 4.45. The van der Waals surface area contributed by atoms with E-state index in [0.717, 1.165) is 19.7 Å². The topological polar surface area (TPSA) is 50.4 Å². The standard InChI is InChI=1S/C12H22N2O2.ClH/c1-2-12(3-4-12)9-14-11(15)7-10-8-16-6-5-13-10;/h10,13H,2-9H2,1H3,(H,14,15);1H. The molecule has 100 valence electrons. The van der Waals surface area contributed by atoms with Crippen LogP contribution in [0.4, 0.5) is 0 Å². The molecule has 1 aliphatic carbocycles. The minimum Gasteiger partial charge on any atom is -0.378 e. The molecule has 1 amide bonds. The highest BCUT2D eigenvalue weighted by molar-refractivity contribution is 5.85. The van der Waals surface area contributed by atoms with Crippen LogP contribution < -0.4 is 10.6 Å². The van der Waals surface area contributed by atoms with E-state index in [1.165, 1.54) is 19.3 Å². The highest BCUT2D eigenvalue weighted by Crippen LogP contribution is 2.47. The van der Waals surface area contributed by atoms with E-state index in [1.54, 1.807) is 0 Å². The average Bonchev–Trinajstić information content (AvgIpc) is 3.09. The molecule has 2 fully saturated rings. The fourth-order valence-electron chi connectivity index (χ4n) is 2.16. The molecule has 1 aliphatic heterocycles. The summed E-state index contributed by atoms with van der Waals surface area (Å²) in [5.41, 5.74) is 0.437. The number of hydrogen-bond acceptors (Lipinski definition) is 3. The Hall–Kier alpha value is -0.320. The number of hydrogen-bond donors (Lipinski definition) is 2. The van der Waals surface area contributed by atoms with E-state index in [-0.39, 0.29) is 24.4 Å². The highest BCUT2D eigenvalue weighted by atomic mass is 35.5. The lowest BCUT2D eigenvalue weighted by Gasteiger charge is -2.23. The van der Waals surface area contributed by atoms with E-state index in [4.69, 9.17) is 4.74 Å². The van der Waals surface area contributed by atoms with Crippen molar-refractivity contribution in [2.24, 2.45) is 5.41 Å². The second kappa shape index (κ2) is 6.57. The van der Waals surface area contributed by atoms with Gasteiger partial charge in [0, 0.05) is 25.6 Å².